The SMILES string of the molecule is Cc1c(-c2cc(C(=O)O)[nH]n2)c2c(O)cccc2n1C. The fraction of sp³-hybridized carbons (Fsp3) is 0.143. The van der Waals surface area contributed by atoms with Crippen molar-refractivity contribution >= 4 is 16.9 Å². The number of carboxylic acid groups (broad SMARTS) is 1. The quantitative estimate of drug-likeness (QED) is 0.666. The van der Waals surface area contributed by atoms with Crippen LogP contribution in [0.3, 0.4) is 0 Å². The summed E-state index contributed by atoms with van der Waals surface area (Å²) in [6, 6.07) is 6.75. The van der Waals surface area contributed by atoms with Gasteiger partial charge in [0.2, 0.25) is 0 Å². The zero-order valence-corrected chi connectivity index (χ0v) is 11.0. The topological polar surface area (TPSA) is 91.1 Å². The molecule has 0 atom stereocenters. The van der Waals surface area contributed by atoms with Crippen LogP contribution in [0.4, 0.5) is 0 Å². The van der Waals surface area contributed by atoms with Crippen LogP contribution in [0.1, 0.15) is 16.2 Å². The Morgan fingerprint density at radius 1 is 1.40 bits per heavy atom. The molecule has 0 saturated carbocycles. The molecule has 0 radical (unpaired) electrons. The first-order valence-corrected chi connectivity index (χ1v) is 6.06. The number of nitrogens with zero attached hydrogens (tertiary/aromatic N) is 2. The fourth-order valence-electron chi connectivity index (χ4n) is 2.47. The first-order chi connectivity index (χ1) is 9.50. The molecule has 1 aromatic carbocycles. The van der Waals surface area contributed by atoms with Crippen molar-refractivity contribution in [2.75, 3.05) is 0 Å². The summed E-state index contributed by atoms with van der Waals surface area (Å²) in [5, 5.41) is 26.3. The van der Waals surface area contributed by atoms with Crippen LogP contribution in [-0.4, -0.2) is 30.9 Å². The lowest BCUT2D eigenvalue weighted by Crippen LogP contribution is -1.95. The first kappa shape index (κ1) is 12.3. The van der Waals surface area contributed by atoms with Gasteiger partial charge in [0.05, 0.1) is 16.6 Å². The molecule has 3 aromatic rings. The van der Waals surface area contributed by atoms with E-state index in [0.717, 1.165) is 16.8 Å². The highest BCUT2D eigenvalue weighted by atomic mass is 16.4. The maximum Gasteiger partial charge on any atom is 0.353 e. The van der Waals surface area contributed by atoms with E-state index >= 15 is 0 Å². The third-order valence-electron chi connectivity index (χ3n) is 3.56. The maximum atomic E-state index is 10.9. The second-order valence-corrected chi connectivity index (χ2v) is 4.66. The van der Waals surface area contributed by atoms with E-state index < -0.39 is 5.97 Å². The predicted molar refractivity (Wildman–Crippen MR) is 73.9 cm³/mol. The molecule has 0 unspecified atom stereocenters. The molecule has 0 saturated heterocycles. The zero-order chi connectivity index (χ0) is 14.4. The molecule has 3 N–H and O–H groups in total. The minimum absolute atomic E-state index is 0.0202. The van der Waals surface area contributed by atoms with Gasteiger partial charge in [-0.25, -0.2) is 4.79 Å². The number of aromatic hydroxyl groups is 1. The number of benzene rings is 1. The van der Waals surface area contributed by atoms with E-state index in [-0.39, 0.29) is 11.4 Å². The number of carbonyl (C=O) groups is 1. The number of aromatic carboxylic acids is 1. The average molecular weight is 271 g/mol. The van der Waals surface area contributed by atoms with E-state index in [2.05, 4.69) is 10.2 Å². The van der Waals surface area contributed by atoms with Crippen molar-refractivity contribution in [1.82, 2.24) is 14.8 Å². The van der Waals surface area contributed by atoms with E-state index in [0.29, 0.717) is 11.1 Å². The molecule has 0 amide bonds. The Balaban J connectivity index is 2.35. The summed E-state index contributed by atoms with van der Waals surface area (Å²) in [6.45, 7) is 1.91. The minimum Gasteiger partial charge on any atom is -0.507 e. The van der Waals surface area contributed by atoms with Gasteiger partial charge in [-0.1, -0.05) is 6.07 Å². The molecular weight excluding hydrogens is 258 g/mol. The number of aromatic amines is 1. The summed E-state index contributed by atoms with van der Waals surface area (Å²) < 4.78 is 1.94. The number of rotatable bonds is 2. The summed E-state index contributed by atoms with van der Waals surface area (Å²) >= 11 is 0. The Hall–Kier alpha value is -2.76. The highest BCUT2D eigenvalue weighted by Crippen LogP contribution is 2.38. The molecule has 0 aliphatic rings. The number of phenolic OH excluding ortho intramolecular Hbond substituents is 1. The molecule has 0 bridgehead atoms. The predicted octanol–water partition coefficient (Wildman–Crippen LogP) is 2.28. The normalized spacial score (nSPS) is 11.1. The number of hydrogen-bond acceptors (Lipinski definition) is 3. The molecule has 2 aromatic heterocycles. The lowest BCUT2D eigenvalue weighted by molar-refractivity contribution is 0.0690. The molecule has 0 aliphatic carbocycles. The minimum atomic E-state index is -1.06. The van der Waals surface area contributed by atoms with E-state index in [4.69, 9.17) is 5.11 Å². The highest BCUT2D eigenvalue weighted by molar-refractivity contribution is 6.01. The summed E-state index contributed by atoms with van der Waals surface area (Å²) in [4.78, 5) is 10.9. The molecule has 6 heteroatoms. The number of carboxylic acids is 1. The van der Waals surface area contributed by atoms with Gasteiger partial charge in [-0.3, -0.25) is 5.10 Å². The number of H-pyrrole nitrogens is 1. The Bertz CT molecular complexity index is 830. The van der Waals surface area contributed by atoms with Crippen LogP contribution < -0.4 is 0 Å². The second kappa shape index (κ2) is 4.12. The maximum absolute atomic E-state index is 10.9. The molecule has 0 spiro atoms. The Morgan fingerprint density at radius 2 is 2.15 bits per heavy atom. The highest BCUT2D eigenvalue weighted by Gasteiger charge is 2.19. The summed E-state index contributed by atoms with van der Waals surface area (Å²) in [5.74, 6) is -0.910. The van der Waals surface area contributed by atoms with Crippen LogP contribution in [0.2, 0.25) is 0 Å². The molecular formula is C14H13N3O3. The molecule has 20 heavy (non-hydrogen) atoms. The average Bonchev–Trinajstić information content (AvgIpc) is 2.97. The molecule has 0 aliphatic heterocycles. The van der Waals surface area contributed by atoms with Gasteiger partial charge in [0.25, 0.3) is 0 Å². The van der Waals surface area contributed by atoms with Gasteiger partial charge >= 0.3 is 5.97 Å². The van der Waals surface area contributed by atoms with Crippen molar-refractivity contribution in [3.8, 4) is 17.0 Å². The molecule has 3 rings (SSSR count). The van der Waals surface area contributed by atoms with Crippen molar-refractivity contribution in [3.63, 3.8) is 0 Å². The van der Waals surface area contributed by atoms with Gasteiger partial charge in [-0.15, -0.1) is 0 Å². The number of nitrogens with one attached hydrogen (secondary N) is 1. The van der Waals surface area contributed by atoms with Crippen LogP contribution >= 0.6 is 0 Å². The number of aryl methyl sites for hydroxylation is 1. The van der Waals surface area contributed by atoms with Crippen LogP contribution in [0.15, 0.2) is 24.3 Å². The zero-order valence-electron chi connectivity index (χ0n) is 11.0. The number of fused-ring (bicyclic) bond motifs is 1. The van der Waals surface area contributed by atoms with E-state index in [1.54, 1.807) is 12.1 Å². The van der Waals surface area contributed by atoms with Crippen molar-refractivity contribution < 1.29 is 15.0 Å². The lowest BCUT2D eigenvalue weighted by atomic mass is 10.1. The van der Waals surface area contributed by atoms with E-state index in [9.17, 15) is 9.90 Å². The van der Waals surface area contributed by atoms with Crippen LogP contribution in [-0.2, 0) is 7.05 Å². The Kier molecular flexibility index (Phi) is 2.53. The van der Waals surface area contributed by atoms with Gasteiger partial charge in [0, 0.05) is 18.3 Å². The van der Waals surface area contributed by atoms with Crippen LogP contribution in [0.25, 0.3) is 22.2 Å². The van der Waals surface area contributed by atoms with E-state index in [1.807, 2.05) is 24.6 Å². The van der Waals surface area contributed by atoms with Crippen molar-refractivity contribution in [2.45, 2.75) is 6.92 Å². The summed E-state index contributed by atoms with van der Waals surface area (Å²) in [5.41, 5.74) is 3.05. The van der Waals surface area contributed by atoms with Gasteiger partial charge < -0.3 is 14.8 Å². The van der Waals surface area contributed by atoms with Gasteiger partial charge in [-0.2, -0.15) is 5.10 Å². The van der Waals surface area contributed by atoms with E-state index in [1.165, 1.54) is 6.07 Å². The Morgan fingerprint density at radius 3 is 2.80 bits per heavy atom. The number of aromatic nitrogens is 3. The van der Waals surface area contributed by atoms with Crippen molar-refractivity contribution in [1.29, 1.82) is 0 Å². The molecule has 6 nitrogen and oxygen atoms in total. The Labute approximate surface area is 114 Å². The van der Waals surface area contributed by atoms with Crippen molar-refractivity contribution in [3.05, 3.63) is 35.7 Å². The largest absolute Gasteiger partial charge is 0.507 e. The lowest BCUT2D eigenvalue weighted by Gasteiger charge is -1.98. The monoisotopic (exact) mass is 271 g/mol. The molecule has 102 valence electrons. The summed E-state index contributed by atoms with van der Waals surface area (Å²) in [6.07, 6.45) is 0. The fourth-order valence-corrected chi connectivity index (χ4v) is 2.47. The summed E-state index contributed by atoms with van der Waals surface area (Å²) in [7, 11) is 1.89. The number of hydrogen-bond donors (Lipinski definition) is 3. The molecule has 2 heterocycles. The van der Waals surface area contributed by atoms with Gasteiger partial charge in [0.1, 0.15) is 11.4 Å². The van der Waals surface area contributed by atoms with Crippen molar-refractivity contribution in [2.24, 2.45) is 7.05 Å². The van der Waals surface area contributed by atoms with Crippen LogP contribution in [0, 0.1) is 6.92 Å². The smallest absolute Gasteiger partial charge is 0.353 e. The van der Waals surface area contributed by atoms with Gasteiger partial charge in [0.15, 0.2) is 0 Å². The first-order valence-electron chi connectivity index (χ1n) is 6.06. The van der Waals surface area contributed by atoms with Gasteiger partial charge in [-0.05, 0) is 25.1 Å². The third kappa shape index (κ3) is 1.58. The second-order valence-electron chi connectivity index (χ2n) is 4.66. The third-order valence-corrected chi connectivity index (χ3v) is 3.56. The van der Waals surface area contributed by atoms with Crippen LogP contribution in [0.5, 0.6) is 5.75 Å². The molecule has 0 fully saturated rings. The number of phenols is 1. The standard InChI is InChI=1S/C14H13N3O3/c1-7-12(8-6-9(14(19)20)16-15-8)13-10(17(7)2)4-3-5-11(13)18/h3-6,18H,1-2H3,(H,15,16)(H,19,20).